The van der Waals surface area contributed by atoms with E-state index >= 15 is 0 Å². The number of halogens is 1. The third-order valence-electron chi connectivity index (χ3n) is 2.54. The number of rotatable bonds is 3. The fourth-order valence-corrected chi connectivity index (χ4v) is 1.67. The molecule has 0 unspecified atom stereocenters. The Kier molecular flexibility index (Phi) is 3.43. The van der Waals surface area contributed by atoms with Gasteiger partial charge in [-0.1, -0.05) is 5.92 Å². The highest BCUT2D eigenvalue weighted by molar-refractivity contribution is 5.22. The van der Waals surface area contributed by atoms with Gasteiger partial charge in [0.25, 0.3) is 0 Å². The van der Waals surface area contributed by atoms with Crippen LogP contribution in [0.3, 0.4) is 0 Å². The molecule has 0 bridgehead atoms. The van der Waals surface area contributed by atoms with Gasteiger partial charge in [-0.15, -0.1) is 6.42 Å². The first-order valence-electron chi connectivity index (χ1n) is 5.28. The lowest BCUT2D eigenvalue weighted by molar-refractivity contribution is 0.0420. The minimum atomic E-state index is -0.267. The van der Waals surface area contributed by atoms with E-state index in [1.807, 2.05) is 0 Å². The van der Waals surface area contributed by atoms with Crippen molar-refractivity contribution < 1.29 is 13.9 Å². The molecule has 84 valence electrons. The van der Waals surface area contributed by atoms with Crippen molar-refractivity contribution in [1.29, 1.82) is 0 Å². The van der Waals surface area contributed by atoms with Gasteiger partial charge in [0.15, 0.2) is 0 Å². The summed E-state index contributed by atoms with van der Waals surface area (Å²) in [6, 6.07) is 5.94. The molecule has 0 aromatic heterocycles. The van der Waals surface area contributed by atoms with E-state index in [0.29, 0.717) is 12.4 Å². The molecule has 2 rings (SSSR count). The molecule has 0 aliphatic carbocycles. The molecule has 0 amide bonds. The number of hydrogen-bond donors (Lipinski definition) is 0. The molecule has 16 heavy (non-hydrogen) atoms. The molecule has 1 saturated heterocycles. The van der Waals surface area contributed by atoms with Crippen molar-refractivity contribution in [2.24, 2.45) is 0 Å². The van der Waals surface area contributed by atoms with Gasteiger partial charge in [-0.05, 0) is 37.1 Å². The van der Waals surface area contributed by atoms with Gasteiger partial charge in [0, 0.05) is 0 Å². The van der Waals surface area contributed by atoms with E-state index < -0.39 is 0 Å². The molecule has 1 fully saturated rings. The van der Waals surface area contributed by atoms with Crippen molar-refractivity contribution in [3.63, 3.8) is 0 Å². The molecule has 0 N–H and O–H groups in total. The van der Waals surface area contributed by atoms with Gasteiger partial charge in [0.05, 0.1) is 6.10 Å². The van der Waals surface area contributed by atoms with Crippen LogP contribution in [0.15, 0.2) is 24.3 Å². The molecule has 1 heterocycles. The number of terminal acetylenes is 1. The van der Waals surface area contributed by atoms with E-state index in [0.717, 1.165) is 12.8 Å². The standard InChI is InChI=1S/C13H13FO2/c1-2-11-7-8-13(16-11)9-15-12-5-3-10(14)4-6-12/h1,3-6,11,13H,7-9H2/t11-,13-/m1/s1. The third-order valence-corrected chi connectivity index (χ3v) is 2.54. The Morgan fingerprint density at radius 1 is 1.38 bits per heavy atom. The van der Waals surface area contributed by atoms with Gasteiger partial charge < -0.3 is 9.47 Å². The minimum absolute atomic E-state index is 0.0473. The van der Waals surface area contributed by atoms with Gasteiger partial charge in [0.1, 0.15) is 24.3 Å². The second-order valence-electron chi connectivity index (χ2n) is 3.76. The predicted molar refractivity (Wildman–Crippen MR) is 58.6 cm³/mol. The Morgan fingerprint density at radius 3 is 2.75 bits per heavy atom. The van der Waals surface area contributed by atoms with E-state index in [-0.39, 0.29) is 18.0 Å². The van der Waals surface area contributed by atoms with Crippen molar-refractivity contribution in [3.8, 4) is 18.1 Å². The molecular weight excluding hydrogens is 207 g/mol. The van der Waals surface area contributed by atoms with Crippen molar-refractivity contribution in [2.45, 2.75) is 25.0 Å². The summed E-state index contributed by atoms with van der Waals surface area (Å²) < 4.78 is 23.6. The van der Waals surface area contributed by atoms with Crippen LogP contribution in [0.5, 0.6) is 5.75 Å². The maximum absolute atomic E-state index is 12.6. The fourth-order valence-electron chi connectivity index (χ4n) is 1.67. The predicted octanol–water partition coefficient (Wildman–Crippen LogP) is 2.39. The van der Waals surface area contributed by atoms with Crippen molar-refractivity contribution in [1.82, 2.24) is 0 Å². The highest BCUT2D eigenvalue weighted by atomic mass is 19.1. The van der Waals surface area contributed by atoms with Crippen LogP contribution in [0.4, 0.5) is 4.39 Å². The second-order valence-corrected chi connectivity index (χ2v) is 3.76. The third kappa shape index (κ3) is 2.74. The summed E-state index contributed by atoms with van der Waals surface area (Å²) in [5.41, 5.74) is 0. The van der Waals surface area contributed by atoms with Crippen molar-refractivity contribution >= 4 is 0 Å². The lowest BCUT2D eigenvalue weighted by Crippen LogP contribution is -2.18. The fraction of sp³-hybridized carbons (Fsp3) is 0.385. The second kappa shape index (κ2) is 5.00. The first-order valence-corrected chi connectivity index (χ1v) is 5.28. The summed E-state index contributed by atoms with van der Waals surface area (Å²) in [6.45, 7) is 0.462. The molecule has 1 aliphatic heterocycles. The Balaban J connectivity index is 1.80. The van der Waals surface area contributed by atoms with Crippen LogP contribution in [0.25, 0.3) is 0 Å². The smallest absolute Gasteiger partial charge is 0.123 e. The monoisotopic (exact) mass is 220 g/mol. The first kappa shape index (κ1) is 11.0. The summed E-state index contributed by atoms with van der Waals surface area (Å²) in [5, 5.41) is 0. The lowest BCUT2D eigenvalue weighted by Gasteiger charge is -2.12. The quantitative estimate of drug-likeness (QED) is 0.728. The van der Waals surface area contributed by atoms with E-state index in [4.69, 9.17) is 15.9 Å². The highest BCUT2D eigenvalue weighted by Crippen LogP contribution is 2.20. The van der Waals surface area contributed by atoms with Crippen LogP contribution in [-0.2, 0) is 4.74 Å². The van der Waals surface area contributed by atoms with Crippen molar-refractivity contribution in [2.75, 3.05) is 6.61 Å². The minimum Gasteiger partial charge on any atom is -0.491 e. The lowest BCUT2D eigenvalue weighted by atomic mass is 10.2. The summed E-state index contributed by atoms with van der Waals surface area (Å²) in [6.07, 6.45) is 7.02. The zero-order valence-electron chi connectivity index (χ0n) is 8.86. The van der Waals surface area contributed by atoms with Crippen LogP contribution >= 0.6 is 0 Å². The first-order chi connectivity index (χ1) is 7.78. The summed E-state index contributed by atoms with van der Waals surface area (Å²) in [7, 11) is 0. The average Bonchev–Trinajstić information content (AvgIpc) is 2.76. The number of ether oxygens (including phenoxy) is 2. The van der Waals surface area contributed by atoms with Gasteiger partial charge in [-0.2, -0.15) is 0 Å². The van der Waals surface area contributed by atoms with E-state index in [1.165, 1.54) is 12.1 Å². The van der Waals surface area contributed by atoms with Crippen molar-refractivity contribution in [3.05, 3.63) is 30.1 Å². The molecule has 3 heteroatoms. The maximum Gasteiger partial charge on any atom is 0.123 e. The zero-order chi connectivity index (χ0) is 11.4. The van der Waals surface area contributed by atoms with Gasteiger partial charge >= 0.3 is 0 Å². The largest absolute Gasteiger partial charge is 0.491 e. The summed E-state index contributed by atoms with van der Waals surface area (Å²) >= 11 is 0. The number of benzene rings is 1. The van der Waals surface area contributed by atoms with E-state index in [9.17, 15) is 4.39 Å². The Morgan fingerprint density at radius 2 is 2.12 bits per heavy atom. The Bertz CT molecular complexity index is 380. The molecule has 1 aliphatic rings. The van der Waals surface area contributed by atoms with Crippen LogP contribution in [0.1, 0.15) is 12.8 Å². The summed E-state index contributed by atoms with van der Waals surface area (Å²) in [5.74, 6) is 2.95. The Labute approximate surface area is 94.4 Å². The molecule has 1 aromatic rings. The SMILES string of the molecule is C#C[C@@H]1CC[C@H](COc2ccc(F)cc2)O1. The summed E-state index contributed by atoms with van der Waals surface area (Å²) in [4.78, 5) is 0. The van der Waals surface area contributed by atoms with E-state index in [2.05, 4.69) is 5.92 Å². The Hall–Kier alpha value is -1.53. The van der Waals surface area contributed by atoms with Crippen LogP contribution in [0, 0.1) is 18.2 Å². The normalized spacial score (nSPS) is 24.0. The van der Waals surface area contributed by atoms with Crippen LogP contribution < -0.4 is 4.74 Å². The average molecular weight is 220 g/mol. The van der Waals surface area contributed by atoms with Crippen LogP contribution in [-0.4, -0.2) is 18.8 Å². The topological polar surface area (TPSA) is 18.5 Å². The molecule has 1 aromatic carbocycles. The molecule has 2 atom stereocenters. The van der Waals surface area contributed by atoms with Gasteiger partial charge in [0.2, 0.25) is 0 Å². The number of hydrogen-bond acceptors (Lipinski definition) is 2. The molecule has 0 spiro atoms. The van der Waals surface area contributed by atoms with Gasteiger partial charge in [-0.3, -0.25) is 0 Å². The molecule has 2 nitrogen and oxygen atoms in total. The maximum atomic E-state index is 12.6. The van der Waals surface area contributed by atoms with E-state index in [1.54, 1.807) is 12.1 Å². The zero-order valence-corrected chi connectivity index (χ0v) is 8.86. The van der Waals surface area contributed by atoms with Crippen LogP contribution in [0.2, 0.25) is 0 Å². The van der Waals surface area contributed by atoms with Gasteiger partial charge in [-0.25, -0.2) is 4.39 Å². The molecule has 0 radical (unpaired) electrons. The highest BCUT2D eigenvalue weighted by Gasteiger charge is 2.23. The molecule has 0 saturated carbocycles. The molecular formula is C13H13FO2.